The molecule has 1 aromatic carbocycles. The Kier molecular flexibility index (Phi) is 6.81. The Morgan fingerprint density at radius 1 is 1.13 bits per heavy atom. The van der Waals surface area contributed by atoms with Crippen molar-refractivity contribution in [2.75, 3.05) is 32.4 Å². The van der Waals surface area contributed by atoms with Gasteiger partial charge < -0.3 is 4.90 Å². The van der Waals surface area contributed by atoms with Crippen LogP contribution < -0.4 is 0 Å². The van der Waals surface area contributed by atoms with Crippen molar-refractivity contribution in [3.8, 4) is 0 Å². The fourth-order valence-electron chi connectivity index (χ4n) is 3.19. The molecule has 4 rings (SSSR count). The van der Waals surface area contributed by atoms with Gasteiger partial charge in [-0.25, -0.2) is 0 Å². The summed E-state index contributed by atoms with van der Waals surface area (Å²) in [6.45, 7) is 3.44. The molecule has 0 N–H and O–H groups in total. The number of piperidine rings is 1. The highest BCUT2D eigenvalue weighted by Gasteiger charge is 2.20. The van der Waals surface area contributed by atoms with Crippen molar-refractivity contribution in [2.45, 2.75) is 18.8 Å². The van der Waals surface area contributed by atoms with Crippen molar-refractivity contribution in [1.29, 1.82) is 0 Å². The molecule has 0 amide bonds. The summed E-state index contributed by atoms with van der Waals surface area (Å²) in [4.78, 5) is 8.62. The zero-order valence-electron chi connectivity index (χ0n) is 13.2. The van der Waals surface area contributed by atoms with Crippen molar-refractivity contribution in [3.05, 3.63) is 34.7 Å². The molecule has 23 heavy (non-hydrogen) atoms. The van der Waals surface area contributed by atoms with E-state index in [9.17, 15) is 0 Å². The summed E-state index contributed by atoms with van der Waals surface area (Å²) >= 11 is 3.88. The number of likely N-dealkylation sites (tertiary alicyclic amines) is 1. The molecule has 0 radical (unpaired) electrons. The van der Waals surface area contributed by atoms with Crippen LogP contribution in [-0.4, -0.2) is 42.4 Å². The molecule has 0 unspecified atom stereocenters. The van der Waals surface area contributed by atoms with Gasteiger partial charge in [-0.15, -0.1) is 47.9 Å². The first-order valence-corrected chi connectivity index (χ1v) is 9.49. The lowest BCUT2D eigenvalue weighted by molar-refractivity contribution is 0.257. The van der Waals surface area contributed by atoms with Gasteiger partial charge in [0.1, 0.15) is 0 Å². The molecule has 1 saturated heterocycles. The van der Waals surface area contributed by atoms with E-state index in [-0.39, 0.29) is 24.8 Å². The first-order valence-electron chi connectivity index (χ1n) is 7.69. The van der Waals surface area contributed by atoms with E-state index in [0.29, 0.717) is 0 Å². The molecule has 2 aliphatic rings. The zero-order chi connectivity index (χ0) is 14.2. The number of benzene rings is 1. The molecule has 1 fully saturated rings. The van der Waals surface area contributed by atoms with Crippen LogP contribution in [0.1, 0.15) is 29.2 Å². The highest BCUT2D eigenvalue weighted by molar-refractivity contribution is 8.14. The molecule has 0 atom stereocenters. The minimum absolute atomic E-state index is 0. The van der Waals surface area contributed by atoms with E-state index in [1.807, 2.05) is 23.1 Å². The van der Waals surface area contributed by atoms with Gasteiger partial charge in [-0.1, -0.05) is 12.1 Å². The number of hydrogen-bond donors (Lipinski definition) is 0. The normalized spacial score (nSPS) is 19.3. The molecule has 3 heterocycles. The standard InChI is InChI=1S/C17H20N2S2.2ClH/c1-19-7-4-12(5-8-19)15-10-13-2-3-14(11-16(13)21-15)17-18-6-9-20-17;;/h2-3,10-12H,4-9H2,1H3;2*1H. The monoisotopic (exact) mass is 388 g/mol. The maximum Gasteiger partial charge on any atom is 0.0978 e. The lowest BCUT2D eigenvalue weighted by atomic mass is 9.95. The third-order valence-electron chi connectivity index (χ3n) is 4.49. The number of hydrogen-bond acceptors (Lipinski definition) is 4. The lowest BCUT2D eigenvalue weighted by Gasteiger charge is -2.28. The predicted molar refractivity (Wildman–Crippen MR) is 110 cm³/mol. The van der Waals surface area contributed by atoms with Gasteiger partial charge in [0, 0.05) is 27.4 Å². The molecule has 0 spiro atoms. The van der Waals surface area contributed by atoms with Crippen LogP contribution in [0.4, 0.5) is 0 Å². The molecule has 1 aromatic heterocycles. The molecular weight excluding hydrogens is 367 g/mol. The van der Waals surface area contributed by atoms with Crippen LogP contribution in [0.5, 0.6) is 0 Å². The minimum atomic E-state index is 0. The van der Waals surface area contributed by atoms with Crippen LogP contribution in [0, 0.1) is 0 Å². The fourth-order valence-corrected chi connectivity index (χ4v) is 5.31. The Morgan fingerprint density at radius 3 is 2.61 bits per heavy atom. The van der Waals surface area contributed by atoms with Crippen LogP contribution in [0.15, 0.2) is 29.3 Å². The van der Waals surface area contributed by atoms with Crippen LogP contribution in [0.3, 0.4) is 0 Å². The molecule has 2 aliphatic heterocycles. The van der Waals surface area contributed by atoms with Gasteiger partial charge >= 0.3 is 0 Å². The smallest absolute Gasteiger partial charge is 0.0978 e. The number of thioether (sulfide) groups is 1. The number of aliphatic imine (C=N–C) groups is 1. The van der Waals surface area contributed by atoms with Gasteiger partial charge in [0.2, 0.25) is 0 Å². The highest BCUT2D eigenvalue weighted by atomic mass is 35.5. The largest absolute Gasteiger partial charge is 0.306 e. The Hall–Kier alpha value is -0.260. The first-order chi connectivity index (χ1) is 10.3. The van der Waals surface area contributed by atoms with E-state index in [0.717, 1.165) is 18.2 Å². The topological polar surface area (TPSA) is 15.6 Å². The Balaban J connectivity index is 0.000000960. The van der Waals surface area contributed by atoms with Gasteiger partial charge in [-0.3, -0.25) is 4.99 Å². The summed E-state index contributed by atoms with van der Waals surface area (Å²) in [6.07, 6.45) is 2.61. The SMILES string of the molecule is CN1CCC(c2cc3ccc(C4=NCCS4)cc3s2)CC1.Cl.Cl. The Labute approximate surface area is 158 Å². The van der Waals surface area contributed by atoms with Crippen LogP contribution in [0.2, 0.25) is 0 Å². The molecular formula is C17H22Cl2N2S2. The van der Waals surface area contributed by atoms with Crippen molar-refractivity contribution in [2.24, 2.45) is 4.99 Å². The van der Waals surface area contributed by atoms with Crippen molar-refractivity contribution < 1.29 is 0 Å². The second kappa shape index (κ2) is 8.21. The number of thiophene rings is 1. The first kappa shape index (κ1) is 19.1. The molecule has 0 aliphatic carbocycles. The van der Waals surface area contributed by atoms with E-state index in [1.54, 1.807) is 4.88 Å². The van der Waals surface area contributed by atoms with Crippen LogP contribution in [0.25, 0.3) is 10.1 Å². The van der Waals surface area contributed by atoms with Gasteiger partial charge in [-0.2, -0.15) is 0 Å². The maximum absolute atomic E-state index is 4.60. The summed E-state index contributed by atoms with van der Waals surface area (Å²) in [5.41, 5.74) is 1.31. The molecule has 0 bridgehead atoms. The zero-order valence-corrected chi connectivity index (χ0v) is 16.4. The summed E-state index contributed by atoms with van der Waals surface area (Å²) in [5.74, 6) is 1.90. The predicted octanol–water partition coefficient (Wildman–Crippen LogP) is 5.05. The molecule has 126 valence electrons. The summed E-state index contributed by atoms with van der Waals surface area (Å²) < 4.78 is 1.43. The number of halogens is 2. The minimum Gasteiger partial charge on any atom is -0.306 e. The van der Waals surface area contributed by atoms with Gasteiger partial charge in [-0.05, 0) is 56.4 Å². The second-order valence-corrected chi connectivity index (χ2v) is 8.21. The quantitative estimate of drug-likeness (QED) is 0.715. The fraction of sp³-hybridized carbons (Fsp3) is 0.471. The van der Waals surface area contributed by atoms with E-state index < -0.39 is 0 Å². The third kappa shape index (κ3) is 4.05. The molecule has 0 saturated carbocycles. The lowest BCUT2D eigenvalue weighted by Crippen LogP contribution is -2.28. The number of fused-ring (bicyclic) bond motifs is 1. The summed E-state index contributed by atoms with van der Waals surface area (Å²) in [7, 11) is 2.23. The van der Waals surface area contributed by atoms with E-state index in [2.05, 4.69) is 41.2 Å². The van der Waals surface area contributed by atoms with E-state index in [1.165, 1.54) is 46.6 Å². The molecule has 2 aromatic rings. The summed E-state index contributed by atoms with van der Waals surface area (Å²) in [5, 5.41) is 2.63. The molecule has 6 heteroatoms. The van der Waals surface area contributed by atoms with Crippen LogP contribution >= 0.6 is 47.9 Å². The van der Waals surface area contributed by atoms with Crippen LogP contribution in [-0.2, 0) is 0 Å². The second-order valence-electron chi connectivity index (χ2n) is 6.01. The molecule has 2 nitrogen and oxygen atoms in total. The average molecular weight is 389 g/mol. The Morgan fingerprint density at radius 2 is 1.91 bits per heavy atom. The van der Waals surface area contributed by atoms with Crippen molar-refractivity contribution in [1.82, 2.24) is 4.90 Å². The number of rotatable bonds is 2. The third-order valence-corrected chi connectivity index (χ3v) is 6.78. The van der Waals surface area contributed by atoms with E-state index >= 15 is 0 Å². The number of nitrogens with zero attached hydrogens (tertiary/aromatic N) is 2. The average Bonchev–Trinajstić information content (AvgIpc) is 3.16. The van der Waals surface area contributed by atoms with Gasteiger partial charge in [0.25, 0.3) is 0 Å². The summed E-state index contributed by atoms with van der Waals surface area (Å²) in [6, 6.07) is 9.28. The maximum atomic E-state index is 4.60. The van der Waals surface area contributed by atoms with Crippen molar-refractivity contribution in [3.63, 3.8) is 0 Å². The highest BCUT2D eigenvalue weighted by Crippen LogP contribution is 2.37. The Bertz CT molecular complexity index is 691. The van der Waals surface area contributed by atoms with Gasteiger partial charge in [0.15, 0.2) is 0 Å². The van der Waals surface area contributed by atoms with Gasteiger partial charge in [0.05, 0.1) is 5.04 Å². The van der Waals surface area contributed by atoms with E-state index in [4.69, 9.17) is 0 Å². The van der Waals surface area contributed by atoms with Crippen molar-refractivity contribution >= 4 is 63.0 Å².